The molecule has 0 bridgehead atoms. The Hall–Kier alpha value is -2.29. The summed E-state index contributed by atoms with van der Waals surface area (Å²) in [4.78, 5) is 0. The van der Waals surface area contributed by atoms with Crippen LogP contribution in [0.5, 0.6) is 0 Å². The van der Waals surface area contributed by atoms with E-state index in [0.29, 0.717) is 0 Å². The van der Waals surface area contributed by atoms with Crippen molar-refractivity contribution in [3.63, 3.8) is 0 Å². The highest BCUT2D eigenvalue weighted by molar-refractivity contribution is 6.06. The van der Waals surface area contributed by atoms with E-state index < -0.39 is 0 Å². The summed E-state index contributed by atoms with van der Waals surface area (Å²) < 4.78 is 2.29. The maximum atomic E-state index is 5.93. The molecule has 0 atom stereocenters. The van der Waals surface area contributed by atoms with E-state index in [-0.39, 0.29) is 0 Å². The number of aryl methyl sites for hydroxylation is 2. The van der Waals surface area contributed by atoms with Crippen molar-refractivity contribution in [1.82, 2.24) is 0 Å². The lowest BCUT2D eigenvalue weighted by atomic mass is 10.0. The van der Waals surface area contributed by atoms with Gasteiger partial charge in [-0.1, -0.05) is 6.07 Å². The lowest BCUT2D eigenvalue weighted by Crippen LogP contribution is -2.37. The summed E-state index contributed by atoms with van der Waals surface area (Å²) >= 11 is 0. The predicted octanol–water partition coefficient (Wildman–Crippen LogP) is 2.77. The minimum Gasteiger partial charge on any atom is -0.399 e. The summed E-state index contributed by atoms with van der Waals surface area (Å²) in [5, 5.41) is 3.65. The molecule has 0 fully saturated rings. The van der Waals surface area contributed by atoms with Gasteiger partial charge >= 0.3 is 0 Å². The van der Waals surface area contributed by atoms with Crippen molar-refractivity contribution in [3.05, 3.63) is 42.1 Å². The molecular weight excluding hydrogens is 234 g/mol. The standard InChI is InChI=1S/C16H17N3/c1-3-19-10(2)15-8-11(17)4-6-13(15)14-7-5-12(18)9-16(14)19/h4-9,18H,3,17H2,1-2H3/p+1. The average Bonchev–Trinajstić information content (AvgIpc) is 2.39. The number of nitrogens with zero attached hydrogens (tertiary/aromatic N) is 1. The first-order chi connectivity index (χ1) is 9.11. The first-order valence-electron chi connectivity index (χ1n) is 6.52. The number of hydrogen-bond acceptors (Lipinski definition) is 2. The number of benzene rings is 2. The zero-order valence-electron chi connectivity index (χ0n) is 11.3. The minimum atomic E-state index is 0.795. The topological polar surface area (TPSA) is 55.9 Å². The Morgan fingerprint density at radius 1 is 0.895 bits per heavy atom. The Morgan fingerprint density at radius 2 is 1.53 bits per heavy atom. The Morgan fingerprint density at radius 3 is 2.21 bits per heavy atom. The number of rotatable bonds is 1. The van der Waals surface area contributed by atoms with Crippen molar-refractivity contribution in [1.29, 1.82) is 0 Å². The Labute approximate surface area is 112 Å². The summed E-state index contributed by atoms with van der Waals surface area (Å²) in [5.74, 6) is 0. The van der Waals surface area contributed by atoms with Gasteiger partial charge in [0.25, 0.3) is 0 Å². The van der Waals surface area contributed by atoms with Crippen LogP contribution in [0.4, 0.5) is 11.4 Å². The maximum Gasteiger partial charge on any atom is 0.215 e. The van der Waals surface area contributed by atoms with E-state index in [1.807, 2.05) is 24.3 Å². The highest BCUT2D eigenvalue weighted by Crippen LogP contribution is 2.27. The summed E-state index contributed by atoms with van der Waals surface area (Å²) in [6.45, 7) is 5.19. The van der Waals surface area contributed by atoms with Crippen LogP contribution >= 0.6 is 0 Å². The SMILES string of the molecule is CC[n+]1c(C)c2cc(N)ccc2c2ccc(N)cc21. The second kappa shape index (κ2) is 4.12. The number of nitrogens with two attached hydrogens (primary N) is 2. The van der Waals surface area contributed by atoms with Crippen LogP contribution in [0.15, 0.2) is 36.4 Å². The fourth-order valence-corrected chi connectivity index (χ4v) is 2.83. The van der Waals surface area contributed by atoms with Crippen molar-refractivity contribution in [3.8, 4) is 0 Å². The normalized spacial score (nSPS) is 11.3. The van der Waals surface area contributed by atoms with Crippen LogP contribution in [0.2, 0.25) is 0 Å². The molecule has 3 rings (SSSR count). The molecule has 0 radical (unpaired) electrons. The van der Waals surface area contributed by atoms with Gasteiger partial charge in [0.05, 0.1) is 10.8 Å². The van der Waals surface area contributed by atoms with Gasteiger partial charge in [-0.15, -0.1) is 0 Å². The third-order valence-electron chi connectivity index (χ3n) is 3.76. The van der Waals surface area contributed by atoms with Crippen molar-refractivity contribution in [2.75, 3.05) is 11.5 Å². The van der Waals surface area contributed by atoms with Crippen LogP contribution in [0.3, 0.4) is 0 Å². The molecule has 0 aliphatic carbocycles. The van der Waals surface area contributed by atoms with Gasteiger partial charge < -0.3 is 11.5 Å². The number of hydrogen-bond donors (Lipinski definition) is 2. The van der Waals surface area contributed by atoms with Gasteiger partial charge in [0.2, 0.25) is 5.52 Å². The van der Waals surface area contributed by atoms with E-state index >= 15 is 0 Å². The van der Waals surface area contributed by atoms with Crippen LogP contribution in [0.25, 0.3) is 21.7 Å². The molecule has 1 heterocycles. The Bertz CT molecular complexity index is 791. The molecule has 0 aliphatic heterocycles. The molecule has 0 saturated carbocycles. The van der Waals surface area contributed by atoms with Crippen molar-refractivity contribution in [2.45, 2.75) is 20.4 Å². The number of pyridine rings is 1. The molecule has 1 aromatic heterocycles. The highest BCUT2D eigenvalue weighted by atomic mass is 15.0. The van der Waals surface area contributed by atoms with Crippen LogP contribution < -0.4 is 16.0 Å². The average molecular weight is 252 g/mol. The van der Waals surface area contributed by atoms with Gasteiger partial charge in [-0.25, -0.2) is 0 Å². The van der Waals surface area contributed by atoms with Gasteiger partial charge in [0.1, 0.15) is 6.54 Å². The number of anilines is 2. The second-order valence-corrected chi connectivity index (χ2v) is 4.91. The first kappa shape index (κ1) is 11.8. The van der Waals surface area contributed by atoms with Gasteiger partial charge in [-0.05, 0) is 31.2 Å². The van der Waals surface area contributed by atoms with E-state index in [9.17, 15) is 0 Å². The van der Waals surface area contributed by atoms with Crippen molar-refractivity contribution >= 4 is 33.1 Å². The van der Waals surface area contributed by atoms with Gasteiger partial charge in [0, 0.05) is 29.8 Å². The van der Waals surface area contributed by atoms with Crippen LogP contribution in [0.1, 0.15) is 12.6 Å². The quantitative estimate of drug-likeness (QED) is 0.397. The summed E-state index contributed by atoms with van der Waals surface area (Å²) in [6, 6.07) is 12.2. The number of aromatic nitrogens is 1. The van der Waals surface area contributed by atoms with Crippen molar-refractivity contribution < 1.29 is 4.57 Å². The van der Waals surface area contributed by atoms with Gasteiger partial charge in [0.15, 0.2) is 5.69 Å². The van der Waals surface area contributed by atoms with Crippen LogP contribution in [-0.4, -0.2) is 0 Å². The summed E-state index contributed by atoms with van der Waals surface area (Å²) in [5.41, 5.74) is 15.9. The molecule has 0 spiro atoms. The third-order valence-corrected chi connectivity index (χ3v) is 3.76. The van der Waals surface area contributed by atoms with E-state index in [1.165, 1.54) is 27.4 Å². The summed E-state index contributed by atoms with van der Waals surface area (Å²) in [7, 11) is 0. The Balaban J connectivity index is 2.60. The molecule has 3 aromatic rings. The molecule has 3 nitrogen and oxygen atoms in total. The lowest BCUT2D eigenvalue weighted by molar-refractivity contribution is -0.672. The lowest BCUT2D eigenvalue weighted by Gasteiger charge is -2.09. The molecule has 19 heavy (non-hydrogen) atoms. The zero-order valence-corrected chi connectivity index (χ0v) is 11.3. The molecule has 3 heteroatoms. The third kappa shape index (κ3) is 1.70. The first-order valence-corrected chi connectivity index (χ1v) is 6.52. The monoisotopic (exact) mass is 252 g/mol. The highest BCUT2D eigenvalue weighted by Gasteiger charge is 2.17. The molecule has 0 amide bonds. The van der Waals surface area contributed by atoms with Gasteiger partial charge in [-0.3, -0.25) is 0 Å². The zero-order chi connectivity index (χ0) is 13.6. The molecular formula is C16H18N3+. The van der Waals surface area contributed by atoms with E-state index in [1.54, 1.807) is 0 Å². The smallest absolute Gasteiger partial charge is 0.215 e. The van der Waals surface area contributed by atoms with Crippen LogP contribution in [0, 0.1) is 6.92 Å². The van der Waals surface area contributed by atoms with Gasteiger partial charge in [-0.2, -0.15) is 4.57 Å². The fourth-order valence-electron chi connectivity index (χ4n) is 2.83. The second-order valence-electron chi connectivity index (χ2n) is 4.91. The maximum absolute atomic E-state index is 5.93. The number of fused-ring (bicyclic) bond motifs is 3. The predicted molar refractivity (Wildman–Crippen MR) is 80.9 cm³/mol. The van der Waals surface area contributed by atoms with Crippen molar-refractivity contribution in [2.24, 2.45) is 0 Å². The minimum absolute atomic E-state index is 0.795. The molecule has 0 saturated heterocycles. The molecule has 96 valence electrons. The molecule has 0 aliphatic rings. The number of nitrogen functional groups attached to an aromatic ring is 2. The van der Waals surface area contributed by atoms with E-state index in [2.05, 4.69) is 30.5 Å². The summed E-state index contributed by atoms with van der Waals surface area (Å²) in [6.07, 6.45) is 0. The molecule has 0 unspecified atom stereocenters. The fraction of sp³-hybridized carbons (Fsp3) is 0.188. The molecule has 4 N–H and O–H groups in total. The van der Waals surface area contributed by atoms with E-state index in [0.717, 1.165) is 17.9 Å². The Kier molecular flexibility index (Phi) is 2.56. The van der Waals surface area contributed by atoms with Crippen LogP contribution in [-0.2, 0) is 6.54 Å². The van der Waals surface area contributed by atoms with E-state index in [4.69, 9.17) is 11.5 Å². The largest absolute Gasteiger partial charge is 0.399 e. The molecule has 2 aromatic carbocycles.